The van der Waals surface area contributed by atoms with Crippen LogP contribution in [0, 0.1) is 13.8 Å². The van der Waals surface area contributed by atoms with Crippen LogP contribution in [0.15, 0.2) is 42.5 Å². The molecule has 0 radical (unpaired) electrons. The van der Waals surface area contributed by atoms with Crippen LogP contribution in [0.4, 0.5) is 10.5 Å². The molecule has 0 spiro atoms. The summed E-state index contributed by atoms with van der Waals surface area (Å²) in [7, 11) is 0. The quantitative estimate of drug-likeness (QED) is 0.916. The van der Waals surface area contributed by atoms with E-state index in [2.05, 4.69) is 18.3 Å². The minimum atomic E-state index is -0.583. The van der Waals surface area contributed by atoms with Gasteiger partial charge < -0.3 is 15.0 Å². The molecule has 5 heteroatoms. The van der Waals surface area contributed by atoms with Crippen LogP contribution >= 0.6 is 0 Å². The van der Waals surface area contributed by atoms with Crippen LogP contribution in [0.1, 0.15) is 28.7 Å². The van der Waals surface area contributed by atoms with Gasteiger partial charge in [0.2, 0.25) is 5.91 Å². The molecule has 1 heterocycles. The van der Waals surface area contributed by atoms with E-state index in [0.29, 0.717) is 6.54 Å². The molecular weight excluding hydrogens is 328 g/mol. The van der Waals surface area contributed by atoms with E-state index in [0.717, 1.165) is 29.7 Å². The monoisotopic (exact) mass is 352 g/mol. The average Bonchev–Trinajstić information content (AvgIpc) is 2.64. The first-order valence-electron chi connectivity index (χ1n) is 8.89. The number of benzene rings is 2. The number of amides is 2. The van der Waals surface area contributed by atoms with Crippen LogP contribution in [0.25, 0.3) is 0 Å². The van der Waals surface area contributed by atoms with Gasteiger partial charge in [-0.05, 0) is 55.0 Å². The molecule has 1 aliphatic heterocycles. The molecule has 3 rings (SSSR count). The molecule has 0 fully saturated rings. The standard InChI is InChI=1S/C21H24N2O3/c1-15-11-16(2)18-9-6-10-23(19(18)12-15)20(24)13-22-21(25)26-14-17-7-4-3-5-8-17/h3-5,7-8,11-12H,6,9-10,13-14H2,1-2H3,(H,22,25). The number of carbonyl (C=O) groups excluding carboxylic acids is 2. The number of anilines is 1. The van der Waals surface area contributed by atoms with E-state index in [1.807, 2.05) is 43.3 Å². The zero-order valence-corrected chi connectivity index (χ0v) is 15.2. The van der Waals surface area contributed by atoms with Gasteiger partial charge in [-0.25, -0.2) is 4.79 Å². The predicted octanol–water partition coefficient (Wildman–Crippen LogP) is 3.51. The van der Waals surface area contributed by atoms with Crippen LogP contribution < -0.4 is 10.2 Å². The van der Waals surface area contributed by atoms with Crippen molar-refractivity contribution in [2.24, 2.45) is 0 Å². The zero-order chi connectivity index (χ0) is 18.5. The summed E-state index contributed by atoms with van der Waals surface area (Å²) < 4.78 is 5.15. The third-order valence-electron chi connectivity index (χ3n) is 4.59. The molecule has 2 aromatic rings. The van der Waals surface area contributed by atoms with Gasteiger partial charge in [0.05, 0.1) is 0 Å². The lowest BCUT2D eigenvalue weighted by molar-refractivity contribution is -0.117. The highest BCUT2D eigenvalue weighted by Gasteiger charge is 2.24. The lowest BCUT2D eigenvalue weighted by Gasteiger charge is -2.31. The average molecular weight is 352 g/mol. The molecular formula is C21H24N2O3. The molecule has 0 saturated carbocycles. The van der Waals surface area contributed by atoms with Crippen LogP contribution in [0.5, 0.6) is 0 Å². The first-order valence-corrected chi connectivity index (χ1v) is 8.89. The molecule has 0 bridgehead atoms. The molecule has 0 atom stereocenters. The Morgan fingerprint density at radius 3 is 2.69 bits per heavy atom. The molecule has 1 N–H and O–H groups in total. The molecule has 136 valence electrons. The molecule has 26 heavy (non-hydrogen) atoms. The Balaban J connectivity index is 1.57. The number of hydrogen-bond acceptors (Lipinski definition) is 3. The van der Waals surface area contributed by atoms with Crippen molar-refractivity contribution in [1.82, 2.24) is 5.32 Å². The van der Waals surface area contributed by atoms with Gasteiger partial charge in [-0.2, -0.15) is 0 Å². The minimum absolute atomic E-state index is 0.0694. The van der Waals surface area contributed by atoms with Crippen LogP contribution in [0.2, 0.25) is 0 Å². The summed E-state index contributed by atoms with van der Waals surface area (Å²) >= 11 is 0. The number of aryl methyl sites for hydroxylation is 2. The summed E-state index contributed by atoms with van der Waals surface area (Å²) in [4.78, 5) is 26.2. The van der Waals surface area contributed by atoms with E-state index in [1.54, 1.807) is 4.90 Å². The van der Waals surface area contributed by atoms with Crippen molar-refractivity contribution in [2.45, 2.75) is 33.3 Å². The second kappa shape index (κ2) is 8.04. The van der Waals surface area contributed by atoms with E-state index in [1.165, 1.54) is 11.1 Å². The van der Waals surface area contributed by atoms with Crippen molar-refractivity contribution in [2.75, 3.05) is 18.0 Å². The van der Waals surface area contributed by atoms with Gasteiger partial charge in [0, 0.05) is 12.2 Å². The molecule has 0 saturated heterocycles. The summed E-state index contributed by atoms with van der Waals surface area (Å²) in [6.45, 7) is 4.91. The fourth-order valence-corrected chi connectivity index (χ4v) is 3.35. The highest BCUT2D eigenvalue weighted by Crippen LogP contribution is 2.31. The van der Waals surface area contributed by atoms with E-state index < -0.39 is 6.09 Å². The molecule has 1 aliphatic rings. The third kappa shape index (κ3) is 4.23. The summed E-state index contributed by atoms with van der Waals surface area (Å²) in [5.41, 5.74) is 5.45. The van der Waals surface area contributed by atoms with Crippen molar-refractivity contribution < 1.29 is 14.3 Å². The number of ether oxygens (including phenoxy) is 1. The predicted molar refractivity (Wildman–Crippen MR) is 101 cm³/mol. The molecule has 2 amide bonds. The Labute approximate surface area is 154 Å². The number of fused-ring (bicyclic) bond motifs is 1. The Morgan fingerprint density at radius 2 is 1.92 bits per heavy atom. The molecule has 0 unspecified atom stereocenters. The largest absolute Gasteiger partial charge is 0.445 e. The lowest BCUT2D eigenvalue weighted by atomic mass is 9.95. The van der Waals surface area contributed by atoms with Gasteiger partial charge in [-0.1, -0.05) is 36.4 Å². The molecule has 0 aliphatic carbocycles. The maximum Gasteiger partial charge on any atom is 0.407 e. The van der Waals surface area contributed by atoms with E-state index in [-0.39, 0.29) is 19.1 Å². The minimum Gasteiger partial charge on any atom is -0.445 e. The number of nitrogens with one attached hydrogen (secondary N) is 1. The Morgan fingerprint density at radius 1 is 1.15 bits per heavy atom. The lowest BCUT2D eigenvalue weighted by Crippen LogP contribution is -2.43. The van der Waals surface area contributed by atoms with Crippen LogP contribution in [-0.4, -0.2) is 25.1 Å². The Kier molecular flexibility index (Phi) is 5.56. The third-order valence-corrected chi connectivity index (χ3v) is 4.59. The Bertz CT molecular complexity index is 802. The number of nitrogens with zero attached hydrogens (tertiary/aromatic N) is 1. The normalized spacial score (nSPS) is 13.1. The van der Waals surface area contributed by atoms with Crippen molar-refractivity contribution >= 4 is 17.7 Å². The molecule has 0 aromatic heterocycles. The summed E-state index contributed by atoms with van der Waals surface area (Å²) in [5, 5.41) is 2.56. The summed E-state index contributed by atoms with van der Waals surface area (Å²) in [6, 6.07) is 13.6. The van der Waals surface area contributed by atoms with Crippen molar-refractivity contribution in [3.05, 3.63) is 64.7 Å². The Hall–Kier alpha value is -2.82. The molecule has 5 nitrogen and oxygen atoms in total. The van der Waals surface area contributed by atoms with Gasteiger partial charge in [0.15, 0.2) is 0 Å². The second-order valence-electron chi connectivity index (χ2n) is 6.64. The zero-order valence-electron chi connectivity index (χ0n) is 15.2. The van der Waals surface area contributed by atoms with E-state index in [9.17, 15) is 9.59 Å². The van der Waals surface area contributed by atoms with E-state index >= 15 is 0 Å². The SMILES string of the molecule is Cc1cc(C)c2c(c1)N(C(=O)CNC(=O)OCc1ccccc1)CCC2. The number of rotatable bonds is 4. The van der Waals surface area contributed by atoms with Crippen LogP contribution in [0.3, 0.4) is 0 Å². The first-order chi connectivity index (χ1) is 12.5. The molecule has 2 aromatic carbocycles. The summed E-state index contributed by atoms with van der Waals surface area (Å²) in [6.07, 6.45) is 1.33. The van der Waals surface area contributed by atoms with Gasteiger partial charge in [-0.3, -0.25) is 4.79 Å². The van der Waals surface area contributed by atoms with Crippen LogP contribution in [-0.2, 0) is 22.6 Å². The highest BCUT2D eigenvalue weighted by atomic mass is 16.5. The van der Waals surface area contributed by atoms with Crippen molar-refractivity contribution in [3.63, 3.8) is 0 Å². The highest BCUT2D eigenvalue weighted by molar-refractivity contribution is 5.97. The maximum absolute atomic E-state index is 12.6. The van der Waals surface area contributed by atoms with Crippen molar-refractivity contribution in [1.29, 1.82) is 0 Å². The van der Waals surface area contributed by atoms with Gasteiger partial charge in [0.25, 0.3) is 0 Å². The fraction of sp³-hybridized carbons (Fsp3) is 0.333. The smallest absolute Gasteiger partial charge is 0.407 e. The van der Waals surface area contributed by atoms with Gasteiger partial charge in [-0.15, -0.1) is 0 Å². The topological polar surface area (TPSA) is 58.6 Å². The number of alkyl carbamates (subject to hydrolysis) is 1. The maximum atomic E-state index is 12.6. The number of carbonyl (C=O) groups is 2. The fourth-order valence-electron chi connectivity index (χ4n) is 3.35. The number of hydrogen-bond donors (Lipinski definition) is 1. The van der Waals surface area contributed by atoms with Gasteiger partial charge >= 0.3 is 6.09 Å². The van der Waals surface area contributed by atoms with E-state index in [4.69, 9.17) is 4.74 Å². The summed E-state index contributed by atoms with van der Waals surface area (Å²) in [5.74, 6) is -0.118. The first kappa shape index (κ1) is 18.0. The second-order valence-corrected chi connectivity index (χ2v) is 6.64. The van der Waals surface area contributed by atoms with Gasteiger partial charge in [0.1, 0.15) is 13.2 Å². The van der Waals surface area contributed by atoms with Crippen molar-refractivity contribution in [3.8, 4) is 0 Å².